The zero-order valence-corrected chi connectivity index (χ0v) is 11.5. The highest BCUT2D eigenvalue weighted by atomic mass is 32.1. The molecule has 3 rings (SSSR count). The van der Waals surface area contributed by atoms with Gasteiger partial charge in [-0.15, -0.1) is 11.3 Å². The third kappa shape index (κ3) is 2.45. The van der Waals surface area contributed by atoms with Gasteiger partial charge in [0, 0.05) is 43.3 Å². The maximum Gasteiger partial charge on any atom is 0.160 e. The Balaban J connectivity index is 1.57. The van der Waals surface area contributed by atoms with E-state index < -0.39 is 0 Å². The minimum atomic E-state index is 0.836. The van der Waals surface area contributed by atoms with Crippen molar-refractivity contribution in [3.05, 3.63) is 16.3 Å². The molecule has 1 aromatic rings. The van der Waals surface area contributed by atoms with Crippen LogP contribution in [0.5, 0.6) is 0 Å². The van der Waals surface area contributed by atoms with Crippen molar-refractivity contribution in [3.8, 4) is 0 Å². The van der Waals surface area contributed by atoms with Crippen molar-refractivity contribution >= 4 is 23.3 Å². The number of piperazine rings is 1. The fourth-order valence-electron chi connectivity index (χ4n) is 3.18. The molecule has 1 saturated carbocycles. The van der Waals surface area contributed by atoms with E-state index in [1.54, 1.807) is 11.3 Å². The molecule has 0 aromatic carbocycles. The van der Waals surface area contributed by atoms with Crippen LogP contribution in [0, 0.1) is 0 Å². The predicted molar refractivity (Wildman–Crippen MR) is 75.7 cm³/mol. The van der Waals surface area contributed by atoms with Crippen molar-refractivity contribution in [2.24, 2.45) is 0 Å². The second kappa shape index (κ2) is 5.41. The van der Waals surface area contributed by atoms with E-state index in [4.69, 9.17) is 0 Å². The Bertz CT molecular complexity index is 404. The summed E-state index contributed by atoms with van der Waals surface area (Å²) in [6.45, 7) is 4.56. The molecule has 0 radical (unpaired) electrons. The number of rotatable bonds is 3. The molecule has 2 heterocycles. The minimum absolute atomic E-state index is 0.836. The Morgan fingerprint density at radius 2 is 1.89 bits per heavy atom. The molecular formula is C14H20N2OS. The number of carbonyl (C=O) groups is 1. The second-order valence-corrected chi connectivity index (χ2v) is 6.23. The highest BCUT2D eigenvalue weighted by Crippen LogP contribution is 2.27. The van der Waals surface area contributed by atoms with Crippen molar-refractivity contribution < 1.29 is 4.79 Å². The summed E-state index contributed by atoms with van der Waals surface area (Å²) < 4.78 is 0. The van der Waals surface area contributed by atoms with Crippen molar-refractivity contribution in [1.29, 1.82) is 0 Å². The highest BCUT2D eigenvalue weighted by Gasteiger charge is 2.26. The summed E-state index contributed by atoms with van der Waals surface area (Å²) in [7, 11) is 0. The lowest BCUT2D eigenvalue weighted by Crippen LogP contribution is -2.49. The Labute approximate surface area is 112 Å². The van der Waals surface area contributed by atoms with Gasteiger partial charge in [-0.25, -0.2) is 0 Å². The van der Waals surface area contributed by atoms with E-state index in [2.05, 4.69) is 15.2 Å². The molecule has 0 atom stereocenters. The van der Waals surface area contributed by atoms with Crippen molar-refractivity contribution in [1.82, 2.24) is 4.90 Å². The maximum atomic E-state index is 10.7. The first-order valence-electron chi connectivity index (χ1n) is 6.89. The first-order chi connectivity index (χ1) is 8.86. The normalized spacial score (nSPS) is 22.6. The number of nitrogens with zero attached hydrogens (tertiary/aromatic N) is 2. The standard InChI is InChI=1S/C14H20N2OS/c17-10-14-9-13(11-18-14)16-7-5-15(6-8-16)12-3-1-2-4-12/h9-12H,1-8H2. The zero-order chi connectivity index (χ0) is 12.4. The van der Waals surface area contributed by atoms with E-state index in [-0.39, 0.29) is 0 Å². The summed E-state index contributed by atoms with van der Waals surface area (Å²) in [5.74, 6) is 0. The monoisotopic (exact) mass is 264 g/mol. The van der Waals surface area contributed by atoms with Gasteiger partial charge in [-0.2, -0.15) is 0 Å². The van der Waals surface area contributed by atoms with Crippen LogP contribution in [-0.2, 0) is 0 Å². The number of thiophene rings is 1. The first kappa shape index (κ1) is 12.2. The van der Waals surface area contributed by atoms with Gasteiger partial charge in [-0.1, -0.05) is 12.8 Å². The summed E-state index contributed by atoms with van der Waals surface area (Å²) in [6.07, 6.45) is 6.57. The van der Waals surface area contributed by atoms with Crippen LogP contribution in [0.15, 0.2) is 11.4 Å². The smallest absolute Gasteiger partial charge is 0.160 e. The van der Waals surface area contributed by atoms with E-state index in [0.29, 0.717) is 0 Å². The SMILES string of the molecule is O=Cc1cc(N2CCN(C3CCCC3)CC2)cs1. The van der Waals surface area contributed by atoms with Crippen LogP contribution in [0.3, 0.4) is 0 Å². The molecule has 2 aliphatic rings. The average Bonchev–Trinajstić information content (AvgIpc) is 3.10. The Kier molecular flexibility index (Phi) is 3.66. The molecule has 1 aromatic heterocycles. The number of hydrogen-bond acceptors (Lipinski definition) is 4. The van der Waals surface area contributed by atoms with Crippen molar-refractivity contribution in [2.45, 2.75) is 31.7 Å². The summed E-state index contributed by atoms with van der Waals surface area (Å²) in [4.78, 5) is 16.6. The van der Waals surface area contributed by atoms with Crippen LogP contribution in [-0.4, -0.2) is 43.4 Å². The van der Waals surface area contributed by atoms with Gasteiger partial charge < -0.3 is 4.90 Å². The second-order valence-electron chi connectivity index (χ2n) is 5.29. The molecule has 18 heavy (non-hydrogen) atoms. The van der Waals surface area contributed by atoms with Crippen molar-refractivity contribution in [3.63, 3.8) is 0 Å². The van der Waals surface area contributed by atoms with Crippen LogP contribution in [0.4, 0.5) is 5.69 Å². The molecule has 0 spiro atoms. The highest BCUT2D eigenvalue weighted by molar-refractivity contribution is 7.12. The van der Waals surface area contributed by atoms with E-state index in [0.717, 1.165) is 30.3 Å². The van der Waals surface area contributed by atoms with Crippen LogP contribution in [0.1, 0.15) is 35.4 Å². The Hall–Kier alpha value is -0.870. The van der Waals surface area contributed by atoms with Gasteiger partial charge >= 0.3 is 0 Å². The fourth-order valence-corrected chi connectivity index (χ4v) is 3.90. The quantitative estimate of drug-likeness (QED) is 0.784. The van der Waals surface area contributed by atoms with E-state index in [1.807, 2.05) is 6.07 Å². The van der Waals surface area contributed by atoms with Gasteiger partial charge in [0.25, 0.3) is 0 Å². The average molecular weight is 264 g/mol. The Morgan fingerprint density at radius 1 is 1.17 bits per heavy atom. The summed E-state index contributed by atoms with van der Waals surface area (Å²) in [5, 5.41) is 2.11. The van der Waals surface area contributed by atoms with E-state index in [1.165, 1.54) is 44.5 Å². The summed E-state index contributed by atoms with van der Waals surface area (Å²) in [5.41, 5.74) is 1.23. The molecule has 0 unspecified atom stereocenters. The topological polar surface area (TPSA) is 23.6 Å². The number of anilines is 1. The zero-order valence-electron chi connectivity index (χ0n) is 10.7. The predicted octanol–water partition coefficient (Wildman–Crippen LogP) is 2.63. The Morgan fingerprint density at radius 3 is 2.50 bits per heavy atom. The van der Waals surface area contributed by atoms with Gasteiger partial charge in [0.1, 0.15) is 0 Å². The first-order valence-corrected chi connectivity index (χ1v) is 7.77. The molecule has 1 saturated heterocycles. The van der Waals surface area contributed by atoms with Gasteiger partial charge in [-0.3, -0.25) is 9.69 Å². The van der Waals surface area contributed by atoms with E-state index in [9.17, 15) is 4.79 Å². The van der Waals surface area contributed by atoms with Crippen molar-refractivity contribution in [2.75, 3.05) is 31.1 Å². The van der Waals surface area contributed by atoms with Gasteiger partial charge in [0.15, 0.2) is 6.29 Å². The minimum Gasteiger partial charge on any atom is -0.368 e. The third-order valence-electron chi connectivity index (χ3n) is 4.24. The molecule has 0 bridgehead atoms. The third-order valence-corrected chi connectivity index (χ3v) is 5.09. The maximum absolute atomic E-state index is 10.7. The van der Waals surface area contributed by atoms with Crippen LogP contribution in [0.2, 0.25) is 0 Å². The molecule has 0 amide bonds. The number of hydrogen-bond donors (Lipinski definition) is 0. The summed E-state index contributed by atoms with van der Waals surface area (Å²) in [6, 6.07) is 2.86. The fraction of sp³-hybridized carbons (Fsp3) is 0.643. The number of aldehydes is 1. The van der Waals surface area contributed by atoms with E-state index >= 15 is 0 Å². The molecule has 1 aliphatic carbocycles. The molecule has 0 N–H and O–H groups in total. The molecule has 2 fully saturated rings. The molecule has 3 nitrogen and oxygen atoms in total. The van der Waals surface area contributed by atoms with Crippen LogP contribution < -0.4 is 4.90 Å². The van der Waals surface area contributed by atoms with Gasteiger partial charge in [0.05, 0.1) is 4.88 Å². The lowest BCUT2D eigenvalue weighted by molar-refractivity contribution is 0.112. The lowest BCUT2D eigenvalue weighted by atomic mass is 10.2. The molecule has 1 aliphatic heterocycles. The molecule has 4 heteroatoms. The summed E-state index contributed by atoms with van der Waals surface area (Å²) >= 11 is 1.55. The van der Waals surface area contributed by atoms with Crippen LogP contribution >= 0.6 is 11.3 Å². The lowest BCUT2D eigenvalue weighted by Gasteiger charge is -2.38. The molecular weight excluding hydrogens is 244 g/mol. The number of carbonyl (C=O) groups excluding carboxylic acids is 1. The van der Waals surface area contributed by atoms with Crippen LogP contribution in [0.25, 0.3) is 0 Å². The molecule has 98 valence electrons. The van der Waals surface area contributed by atoms with Gasteiger partial charge in [0.2, 0.25) is 0 Å². The van der Waals surface area contributed by atoms with Gasteiger partial charge in [-0.05, 0) is 18.9 Å². The largest absolute Gasteiger partial charge is 0.368 e.